The van der Waals surface area contributed by atoms with Gasteiger partial charge in [0, 0.05) is 49.6 Å². The Bertz CT molecular complexity index is 976. The van der Waals surface area contributed by atoms with Gasteiger partial charge in [0.25, 0.3) is 0 Å². The minimum atomic E-state index is -2.59. The van der Waals surface area contributed by atoms with Gasteiger partial charge in [0.05, 0.1) is 23.2 Å². The lowest BCUT2D eigenvalue weighted by atomic mass is 9.75. The Morgan fingerprint density at radius 1 is 1.17 bits per heavy atom. The smallest absolute Gasteiger partial charge is 0.248 e. The molecule has 0 bridgehead atoms. The third kappa shape index (κ3) is 5.86. The first-order valence-corrected chi connectivity index (χ1v) is 13.4. The summed E-state index contributed by atoms with van der Waals surface area (Å²) in [4.78, 5) is 30.5. The molecule has 0 aromatic heterocycles. The summed E-state index contributed by atoms with van der Waals surface area (Å²) < 4.78 is 27.3. The summed E-state index contributed by atoms with van der Waals surface area (Å²) in [6, 6.07) is 7.41. The summed E-state index contributed by atoms with van der Waals surface area (Å²) >= 11 is 6.38. The highest BCUT2D eigenvalue weighted by Crippen LogP contribution is 2.41. The molecule has 1 saturated carbocycles. The van der Waals surface area contributed by atoms with Crippen molar-refractivity contribution in [2.24, 2.45) is 11.8 Å². The molecule has 2 aliphatic heterocycles. The summed E-state index contributed by atoms with van der Waals surface area (Å²) in [5, 5.41) is 7.13. The minimum Gasteiger partial charge on any atom is -0.351 e. The van der Waals surface area contributed by atoms with Gasteiger partial charge in [0.2, 0.25) is 17.7 Å². The third-order valence-electron chi connectivity index (χ3n) is 8.39. The molecular weight excluding hydrogens is 486 g/mol. The van der Waals surface area contributed by atoms with Crippen molar-refractivity contribution in [1.82, 2.24) is 15.5 Å². The maximum atomic E-state index is 13.6. The molecule has 6 nitrogen and oxygen atoms in total. The van der Waals surface area contributed by atoms with Gasteiger partial charge in [-0.3, -0.25) is 14.5 Å². The average molecular weight is 525 g/mol. The quantitative estimate of drug-likeness (QED) is 0.596. The number of para-hydroxylation sites is 1. The second-order valence-corrected chi connectivity index (χ2v) is 12.4. The van der Waals surface area contributed by atoms with Crippen LogP contribution in [-0.2, 0) is 9.59 Å². The zero-order chi connectivity index (χ0) is 26.3. The van der Waals surface area contributed by atoms with Gasteiger partial charge in [-0.2, -0.15) is 0 Å². The van der Waals surface area contributed by atoms with Crippen molar-refractivity contribution in [2.45, 2.75) is 82.8 Å². The van der Waals surface area contributed by atoms with E-state index in [1.54, 1.807) is 11.0 Å². The van der Waals surface area contributed by atoms with Crippen molar-refractivity contribution in [2.75, 3.05) is 31.1 Å². The predicted molar refractivity (Wildman–Crippen MR) is 138 cm³/mol. The lowest BCUT2D eigenvalue weighted by Crippen LogP contribution is -2.67. The molecular formula is C27H39ClF2N4O2. The van der Waals surface area contributed by atoms with Crippen LogP contribution in [0.25, 0.3) is 0 Å². The fourth-order valence-electron chi connectivity index (χ4n) is 6.16. The molecule has 9 heteroatoms. The van der Waals surface area contributed by atoms with Crippen LogP contribution >= 0.6 is 11.6 Å². The zero-order valence-corrected chi connectivity index (χ0v) is 22.5. The van der Waals surface area contributed by atoms with Crippen molar-refractivity contribution in [3.05, 3.63) is 29.3 Å². The molecule has 0 spiro atoms. The number of alkyl halides is 2. The van der Waals surface area contributed by atoms with E-state index in [1.807, 2.05) is 32.0 Å². The number of carbonyl (C=O) groups excluding carboxylic acids is 2. The number of rotatable bonds is 5. The van der Waals surface area contributed by atoms with E-state index in [0.717, 1.165) is 5.69 Å². The summed E-state index contributed by atoms with van der Waals surface area (Å²) in [5.41, 5.74) is -0.139. The minimum absolute atomic E-state index is 0.00997. The van der Waals surface area contributed by atoms with Crippen LogP contribution in [0.4, 0.5) is 14.5 Å². The van der Waals surface area contributed by atoms with Crippen molar-refractivity contribution in [3.8, 4) is 0 Å². The monoisotopic (exact) mass is 524 g/mol. The number of piperidine rings is 1. The molecule has 1 aromatic rings. The van der Waals surface area contributed by atoms with Gasteiger partial charge in [0.1, 0.15) is 0 Å². The van der Waals surface area contributed by atoms with Crippen LogP contribution in [0.1, 0.15) is 59.8 Å². The summed E-state index contributed by atoms with van der Waals surface area (Å²) in [5.74, 6) is -2.86. The topological polar surface area (TPSA) is 64.7 Å². The predicted octanol–water partition coefficient (Wildman–Crippen LogP) is 4.47. The Morgan fingerprint density at radius 2 is 1.83 bits per heavy atom. The van der Waals surface area contributed by atoms with Crippen molar-refractivity contribution < 1.29 is 18.4 Å². The standard InChI is InChI=1S/C27H39ClF2N4O2/c1-25(2)17-33(22-8-6-5-7-21(22)28)23(35)16-34(25)20-13-18(14-31-15-20)24(36)32-26(3,4)19-9-11-27(29,30)12-10-19/h5-8,18-20,31H,9-17H2,1-4H3,(H,32,36)/t18-,20+/m0/s1. The number of piperazine rings is 1. The highest BCUT2D eigenvalue weighted by Gasteiger charge is 2.45. The summed E-state index contributed by atoms with van der Waals surface area (Å²) in [7, 11) is 0. The molecule has 2 atom stereocenters. The number of carbonyl (C=O) groups is 2. The molecule has 2 saturated heterocycles. The molecule has 1 aromatic carbocycles. The molecule has 2 heterocycles. The maximum absolute atomic E-state index is 13.6. The van der Waals surface area contributed by atoms with Crippen LogP contribution < -0.4 is 15.5 Å². The van der Waals surface area contributed by atoms with Gasteiger partial charge in [-0.05, 0) is 65.0 Å². The Labute approximate surface area is 218 Å². The second-order valence-electron chi connectivity index (χ2n) is 12.0. The van der Waals surface area contributed by atoms with Crippen molar-refractivity contribution >= 4 is 29.1 Å². The van der Waals surface area contributed by atoms with Gasteiger partial charge in [-0.25, -0.2) is 8.78 Å². The second kappa shape index (κ2) is 10.2. The van der Waals surface area contributed by atoms with Gasteiger partial charge in [-0.1, -0.05) is 23.7 Å². The van der Waals surface area contributed by atoms with E-state index < -0.39 is 11.5 Å². The first-order valence-electron chi connectivity index (χ1n) is 13.0. The van der Waals surface area contributed by atoms with Crippen LogP contribution in [0.5, 0.6) is 0 Å². The Hall–Kier alpha value is -1.77. The molecule has 2 N–H and O–H groups in total. The molecule has 0 radical (unpaired) electrons. The first kappa shape index (κ1) is 27.3. The average Bonchev–Trinajstić information content (AvgIpc) is 2.80. The number of halogens is 3. The highest BCUT2D eigenvalue weighted by molar-refractivity contribution is 6.33. The number of anilines is 1. The van der Waals surface area contributed by atoms with E-state index in [2.05, 4.69) is 29.4 Å². The van der Waals surface area contributed by atoms with Crippen LogP contribution in [-0.4, -0.2) is 65.9 Å². The summed E-state index contributed by atoms with van der Waals surface area (Å²) in [6.45, 7) is 10.2. The third-order valence-corrected chi connectivity index (χ3v) is 8.71. The van der Waals surface area contributed by atoms with Gasteiger partial charge in [-0.15, -0.1) is 0 Å². The first-order chi connectivity index (χ1) is 16.8. The van der Waals surface area contributed by atoms with Gasteiger partial charge < -0.3 is 15.5 Å². The fourth-order valence-corrected chi connectivity index (χ4v) is 6.40. The van der Waals surface area contributed by atoms with Crippen LogP contribution in [0.2, 0.25) is 5.02 Å². The van der Waals surface area contributed by atoms with E-state index in [1.165, 1.54) is 0 Å². The van der Waals surface area contributed by atoms with Crippen LogP contribution in [0.3, 0.4) is 0 Å². The number of amides is 2. The SMILES string of the molecule is CC(C)(NC(=O)[C@@H]1CNC[C@H](N2CC(=O)N(c3ccccc3Cl)CC2(C)C)C1)C1CCC(F)(F)CC1. The molecule has 2 amide bonds. The molecule has 200 valence electrons. The Balaban J connectivity index is 1.40. The van der Waals surface area contributed by atoms with Gasteiger partial charge in [0.15, 0.2) is 0 Å². The van der Waals surface area contributed by atoms with E-state index in [0.29, 0.717) is 43.9 Å². The highest BCUT2D eigenvalue weighted by atomic mass is 35.5. The Kier molecular flexibility index (Phi) is 7.71. The van der Waals surface area contributed by atoms with Crippen molar-refractivity contribution in [1.29, 1.82) is 0 Å². The fraction of sp³-hybridized carbons (Fsp3) is 0.704. The van der Waals surface area contributed by atoms with Crippen LogP contribution in [0.15, 0.2) is 24.3 Å². The largest absolute Gasteiger partial charge is 0.351 e. The lowest BCUT2D eigenvalue weighted by Gasteiger charge is -2.51. The van der Waals surface area contributed by atoms with E-state index in [-0.39, 0.29) is 54.6 Å². The van der Waals surface area contributed by atoms with Gasteiger partial charge >= 0.3 is 0 Å². The molecule has 3 aliphatic rings. The molecule has 0 unspecified atom stereocenters. The van der Waals surface area contributed by atoms with E-state index >= 15 is 0 Å². The number of benzene rings is 1. The molecule has 4 rings (SSSR count). The van der Waals surface area contributed by atoms with Crippen LogP contribution in [0, 0.1) is 11.8 Å². The zero-order valence-electron chi connectivity index (χ0n) is 21.8. The maximum Gasteiger partial charge on any atom is 0.248 e. The number of hydrogen-bond donors (Lipinski definition) is 2. The number of hydrogen-bond acceptors (Lipinski definition) is 4. The van der Waals surface area contributed by atoms with E-state index in [4.69, 9.17) is 11.6 Å². The normalized spacial score (nSPS) is 27.6. The molecule has 3 fully saturated rings. The number of nitrogens with zero attached hydrogens (tertiary/aromatic N) is 2. The molecule has 36 heavy (non-hydrogen) atoms. The lowest BCUT2D eigenvalue weighted by molar-refractivity contribution is -0.130. The molecule has 1 aliphatic carbocycles. The number of nitrogens with one attached hydrogen (secondary N) is 2. The Morgan fingerprint density at radius 3 is 2.50 bits per heavy atom. The summed E-state index contributed by atoms with van der Waals surface area (Å²) in [6.07, 6.45) is 1.23. The van der Waals surface area contributed by atoms with E-state index in [9.17, 15) is 18.4 Å². The van der Waals surface area contributed by atoms with Crippen molar-refractivity contribution in [3.63, 3.8) is 0 Å².